The van der Waals surface area contributed by atoms with Crippen LogP contribution in [0.25, 0.3) is 0 Å². The number of benzene rings is 2. The molecule has 0 aromatic heterocycles. The third-order valence-electron chi connectivity index (χ3n) is 5.13. The molecule has 0 fully saturated rings. The van der Waals surface area contributed by atoms with Crippen LogP contribution in [0.4, 0.5) is 10.1 Å². The van der Waals surface area contributed by atoms with E-state index in [1.165, 1.54) is 23.8 Å². The second-order valence-corrected chi connectivity index (χ2v) is 9.32. The first-order valence-electron chi connectivity index (χ1n) is 9.59. The van der Waals surface area contributed by atoms with Crippen LogP contribution in [0.15, 0.2) is 36.4 Å². The Morgan fingerprint density at radius 1 is 1.10 bits per heavy atom. The summed E-state index contributed by atoms with van der Waals surface area (Å²) >= 11 is 0. The second kappa shape index (κ2) is 8.95. The molecule has 0 heterocycles. The van der Waals surface area contributed by atoms with Gasteiger partial charge in [-0.2, -0.15) is 0 Å². The van der Waals surface area contributed by atoms with Gasteiger partial charge in [0.05, 0.1) is 18.0 Å². The summed E-state index contributed by atoms with van der Waals surface area (Å²) in [6, 6.07) is 8.28. The van der Waals surface area contributed by atoms with Gasteiger partial charge in [-0.05, 0) is 68.5 Å². The Balaban J connectivity index is 2.38. The van der Waals surface area contributed by atoms with Gasteiger partial charge in [0.2, 0.25) is 15.9 Å². The maximum Gasteiger partial charge on any atom is 0.244 e. The molecule has 2 aromatic carbocycles. The summed E-state index contributed by atoms with van der Waals surface area (Å²) in [6.45, 7) is 9.57. The highest BCUT2D eigenvalue weighted by molar-refractivity contribution is 7.92. The molecule has 158 valence electrons. The maximum absolute atomic E-state index is 14.4. The number of aryl methyl sites for hydroxylation is 3. The zero-order valence-corrected chi connectivity index (χ0v) is 18.6. The van der Waals surface area contributed by atoms with Crippen LogP contribution in [-0.2, 0) is 14.8 Å². The molecule has 2 atom stereocenters. The fraction of sp³-hybridized carbons (Fsp3) is 0.409. The number of nitrogens with one attached hydrogen (secondary N) is 1. The lowest BCUT2D eigenvalue weighted by molar-refractivity contribution is -0.122. The molecule has 29 heavy (non-hydrogen) atoms. The topological polar surface area (TPSA) is 66.5 Å². The van der Waals surface area contributed by atoms with E-state index in [0.717, 1.165) is 27.3 Å². The summed E-state index contributed by atoms with van der Waals surface area (Å²) in [7, 11) is -3.89. The monoisotopic (exact) mass is 420 g/mol. The first-order chi connectivity index (χ1) is 13.5. The Morgan fingerprint density at radius 2 is 1.69 bits per heavy atom. The number of amides is 1. The predicted molar refractivity (Wildman–Crippen MR) is 115 cm³/mol. The molecule has 0 aliphatic rings. The first kappa shape index (κ1) is 22.9. The van der Waals surface area contributed by atoms with Crippen molar-refractivity contribution in [2.75, 3.05) is 10.6 Å². The highest BCUT2D eigenvalue weighted by Crippen LogP contribution is 2.27. The van der Waals surface area contributed by atoms with E-state index in [1.54, 1.807) is 13.0 Å². The number of hydrogen-bond acceptors (Lipinski definition) is 3. The van der Waals surface area contributed by atoms with Gasteiger partial charge < -0.3 is 5.32 Å². The molecule has 2 rings (SSSR count). The van der Waals surface area contributed by atoms with Crippen LogP contribution in [0.2, 0.25) is 0 Å². The van der Waals surface area contributed by atoms with Crippen LogP contribution < -0.4 is 9.62 Å². The molecular formula is C22H29FN2O3S. The molecule has 1 amide bonds. The minimum absolute atomic E-state index is 0.132. The van der Waals surface area contributed by atoms with Crippen LogP contribution in [-0.4, -0.2) is 26.6 Å². The van der Waals surface area contributed by atoms with Crippen LogP contribution in [0, 0.1) is 26.6 Å². The summed E-state index contributed by atoms with van der Waals surface area (Å²) in [6.07, 6.45) is 1.18. The Morgan fingerprint density at radius 3 is 2.24 bits per heavy atom. The van der Waals surface area contributed by atoms with Crippen molar-refractivity contribution in [3.05, 3.63) is 64.5 Å². The summed E-state index contributed by atoms with van der Waals surface area (Å²) in [5.74, 6) is -1.16. The van der Waals surface area contributed by atoms with Gasteiger partial charge in [-0.25, -0.2) is 12.8 Å². The summed E-state index contributed by atoms with van der Waals surface area (Å²) in [5, 5.41) is 2.91. The van der Waals surface area contributed by atoms with Crippen LogP contribution >= 0.6 is 0 Å². The van der Waals surface area contributed by atoms with E-state index in [2.05, 4.69) is 11.4 Å². The van der Waals surface area contributed by atoms with E-state index in [9.17, 15) is 17.6 Å². The molecule has 0 radical (unpaired) electrons. The van der Waals surface area contributed by atoms with Gasteiger partial charge in [0.1, 0.15) is 11.9 Å². The number of carbonyl (C=O) groups excluding carboxylic acids is 1. The van der Waals surface area contributed by atoms with E-state index >= 15 is 0 Å². The lowest BCUT2D eigenvalue weighted by Gasteiger charge is -2.31. The minimum atomic E-state index is -3.89. The van der Waals surface area contributed by atoms with Crippen molar-refractivity contribution in [1.82, 2.24) is 5.32 Å². The van der Waals surface area contributed by atoms with E-state index < -0.39 is 27.8 Å². The van der Waals surface area contributed by atoms with E-state index in [0.29, 0.717) is 0 Å². The van der Waals surface area contributed by atoms with Crippen LogP contribution in [0.1, 0.15) is 48.6 Å². The summed E-state index contributed by atoms with van der Waals surface area (Å²) in [4.78, 5) is 13.1. The normalized spacial score (nSPS) is 13.6. The Bertz CT molecular complexity index is 1010. The molecule has 2 aromatic rings. The van der Waals surface area contributed by atoms with E-state index in [-0.39, 0.29) is 18.2 Å². The number of para-hydroxylation sites is 1. The first-order valence-corrected chi connectivity index (χ1v) is 11.4. The van der Waals surface area contributed by atoms with E-state index in [4.69, 9.17) is 0 Å². The SMILES string of the molecule is CC[C@H](C(=O)N[C@H](C)c1cc(C)c(C)cc1C)N(c1ccccc1F)S(C)(=O)=O. The predicted octanol–water partition coefficient (Wildman–Crippen LogP) is 4.17. The average molecular weight is 421 g/mol. The Kier molecular flexibility index (Phi) is 7.06. The zero-order chi connectivity index (χ0) is 21.9. The number of anilines is 1. The molecule has 7 heteroatoms. The van der Waals surface area contributed by atoms with Crippen molar-refractivity contribution < 1.29 is 17.6 Å². The number of halogens is 1. The Labute approximate surface area is 173 Å². The summed E-state index contributed by atoms with van der Waals surface area (Å²) < 4.78 is 40.1. The third-order valence-corrected chi connectivity index (χ3v) is 6.29. The van der Waals surface area contributed by atoms with Gasteiger partial charge >= 0.3 is 0 Å². The third kappa shape index (κ3) is 5.15. The fourth-order valence-electron chi connectivity index (χ4n) is 3.50. The molecule has 1 N–H and O–H groups in total. The van der Waals surface area contributed by atoms with Gasteiger partial charge in [0.15, 0.2) is 0 Å². The molecule has 0 spiro atoms. The minimum Gasteiger partial charge on any atom is -0.348 e. The molecule has 0 saturated heterocycles. The molecule has 5 nitrogen and oxygen atoms in total. The molecule has 0 unspecified atom stereocenters. The van der Waals surface area contributed by atoms with Crippen molar-refractivity contribution >= 4 is 21.6 Å². The highest BCUT2D eigenvalue weighted by Gasteiger charge is 2.33. The second-order valence-electron chi connectivity index (χ2n) is 7.46. The molecule has 0 saturated carbocycles. The smallest absolute Gasteiger partial charge is 0.244 e. The number of nitrogens with zero attached hydrogens (tertiary/aromatic N) is 1. The van der Waals surface area contributed by atoms with Crippen molar-refractivity contribution in [3.8, 4) is 0 Å². The molecular weight excluding hydrogens is 391 g/mol. The fourth-order valence-corrected chi connectivity index (χ4v) is 4.71. The van der Waals surface area contributed by atoms with Crippen molar-refractivity contribution in [3.63, 3.8) is 0 Å². The standard InChI is InChI=1S/C22H29FN2O3S/c1-7-20(25(29(6,27)28)21-11-9-8-10-19(21)23)22(26)24-17(5)18-13-15(3)14(2)12-16(18)4/h8-13,17,20H,7H2,1-6H3,(H,24,26)/t17-,20-/m1/s1. The van der Waals surface area contributed by atoms with Crippen molar-refractivity contribution in [2.24, 2.45) is 0 Å². The largest absolute Gasteiger partial charge is 0.348 e. The molecule has 0 aliphatic heterocycles. The van der Waals surface area contributed by atoms with Crippen LogP contribution in [0.5, 0.6) is 0 Å². The van der Waals surface area contributed by atoms with Gasteiger partial charge in [0.25, 0.3) is 0 Å². The average Bonchev–Trinajstić information content (AvgIpc) is 2.62. The van der Waals surface area contributed by atoms with Crippen molar-refractivity contribution in [2.45, 2.75) is 53.1 Å². The quantitative estimate of drug-likeness (QED) is 0.731. The van der Waals surface area contributed by atoms with E-state index in [1.807, 2.05) is 33.8 Å². The number of hydrogen-bond donors (Lipinski definition) is 1. The lowest BCUT2D eigenvalue weighted by atomic mass is 9.96. The van der Waals surface area contributed by atoms with Crippen LogP contribution in [0.3, 0.4) is 0 Å². The van der Waals surface area contributed by atoms with Gasteiger partial charge in [-0.1, -0.05) is 31.2 Å². The van der Waals surface area contributed by atoms with Gasteiger partial charge in [-0.15, -0.1) is 0 Å². The number of rotatable bonds is 7. The van der Waals surface area contributed by atoms with Gasteiger partial charge in [-0.3, -0.25) is 9.10 Å². The maximum atomic E-state index is 14.4. The summed E-state index contributed by atoms with van der Waals surface area (Å²) in [5.41, 5.74) is 4.16. The number of carbonyl (C=O) groups is 1. The van der Waals surface area contributed by atoms with Crippen molar-refractivity contribution in [1.29, 1.82) is 0 Å². The Hall–Kier alpha value is -2.41. The lowest BCUT2D eigenvalue weighted by Crippen LogP contribution is -2.50. The van der Waals surface area contributed by atoms with Gasteiger partial charge in [0, 0.05) is 0 Å². The molecule has 0 bridgehead atoms. The number of sulfonamides is 1. The zero-order valence-electron chi connectivity index (χ0n) is 17.8. The highest BCUT2D eigenvalue weighted by atomic mass is 32.2. The molecule has 0 aliphatic carbocycles.